The minimum absolute atomic E-state index is 0.151. The van der Waals surface area contributed by atoms with Crippen LogP contribution in [0.15, 0.2) is 194 Å². The van der Waals surface area contributed by atoms with Gasteiger partial charge in [0.05, 0.1) is 0 Å². The number of fused-ring (bicyclic) bond motifs is 10. The summed E-state index contributed by atoms with van der Waals surface area (Å²) in [5.41, 5.74) is 20.7. The van der Waals surface area contributed by atoms with E-state index in [1.165, 1.54) is 121 Å². The topological polar surface area (TPSA) is 0 Å². The molecule has 0 saturated carbocycles. The molecule has 0 saturated heterocycles. The molecule has 0 fully saturated rings. The van der Waals surface area contributed by atoms with Crippen LogP contribution in [0.4, 0.5) is 0 Å². The van der Waals surface area contributed by atoms with E-state index in [9.17, 15) is 0 Å². The first kappa shape index (κ1) is 32.2. The molecule has 12 rings (SSSR count). The van der Waals surface area contributed by atoms with Gasteiger partial charge in [-0.2, -0.15) is 0 Å². The molecule has 266 valence electrons. The van der Waals surface area contributed by atoms with E-state index in [0.717, 1.165) is 0 Å². The third-order valence-electron chi connectivity index (χ3n) is 13.0. The zero-order valence-electron chi connectivity index (χ0n) is 32.0. The van der Waals surface area contributed by atoms with Crippen LogP contribution in [0.25, 0.3) is 110 Å². The maximum absolute atomic E-state index is 2.50. The van der Waals surface area contributed by atoms with Gasteiger partial charge in [-0.25, -0.2) is 0 Å². The second-order valence-electron chi connectivity index (χ2n) is 16.4. The lowest BCUT2D eigenvalue weighted by Gasteiger charge is -2.23. The molecular formula is C57H38. The predicted octanol–water partition coefficient (Wildman–Crippen LogP) is 15.8. The monoisotopic (exact) mass is 722 g/mol. The van der Waals surface area contributed by atoms with Crippen molar-refractivity contribution in [2.45, 2.75) is 19.3 Å². The summed E-state index contributed by atoms with van der Waals surface area (Å²) in [4.78, 5) is 0. The Bertz CT molecular complexity index is 3280. The van der Waals surface area contributed by atoms with Gasteiger partial charge in [-0.15, -0.1) is 0 Å². The Hall–Kier alpha value is -7.02. The summed E-state index contributed by atoms with van der Waals surface area (Å²) in [6, 6.07) is 72.6. The maximum Gasteiger partial charge on any atom is 0.0159 e. The van der Waals surface area contributed by atoms with Gasteiger partial charge in [0.25, 0.3) is 0 Å². The average molecular weight is 723 g/mol. The van der Waals surface area contributed by atoms with Crippen LogP contribution in [0, 0.1) is 0 Å². The van der Waals surface area contributed by atoms with Crippen LogP contribution in [0.3, 0.4) is 0 Å². The van der Waals surface area contributed by atoms with Gasteiger partial charge in [0.15, 0.2) is 0 Å². The zero-order valence-corrected chi connectivity index (χ0v) is 32.0. The summed E-state index contributed by atoms with van der Waals surface area (Å²) in [6.07, 6.45) is 0. The normalized spacial score (nSPS) is 13.2. The molecule has 2 aliphatic carbocycles. The molecule has 57 heavy (non-hydrogen) atoms. The molecule has 0 N–H and O–H groups in total. The fourth-order valence-corrected chi connectivity index (χ4v) is 10.2. The molecule has 2 aliphatic rings. The Morgan fingerprint density at radius 2 is 0.754 bits per heavy atom. The van der Waals surface area contributed by atoms with Crippen LogP contribution in [0.2, 0.25) is 0 Å². The first-order valence-corrected chi connectivity index (χ1v) is 20.1. The summed E-state index contributed by atoms with van der Waals surface area (Å²) >= 11 is 0. The van der Waals surface area contributed by atoms with Crippen molar-refractivity contribution in [3.8, 4) is 77.9 Å². The Balaban J connectivity index is 1.13. The van der Waals surface area contributed by atoms with Gasteiger partial charge in [-0.1, -0.05) is 178 Å². The number of rotatable bonds is 4. The van der Waals surface area contributed by atoms with Gasteiger partial charge in [-0.3, -0.25) is 0 Å². The smallest absolute Gasteiger partial charge is 0.0159 e. The Kier molecular flexibility index (Phi) is 6.78. The van der Waals surface area contributed by atoms with Crippen LogP contribution in [-0.2, 0) is 5.41 Å². The second kappa shape index (κ2) is 12.0. The van der Waals surface area contributed by atoms with Crippen molar-refractivity contribution in [2.24, 2.45) is 0 Å². The molecule has 0 bridgehead atoms. The summed E-state index contributed by atoms with van der Waals surface area (Å²) in [7, 11) is 0. The number of benzene rings is 10. The lowest BCUT2D eigenvalue weighted by molar-refractivity contribution is 0.661. The third-order valence-corrected chi connectivity index (χ3v) is 13.0. The summed E-state index contributed by atoms with van der Waals surface area (Å²) < 4.78 is 0. The maximum atomic E-state index is 2.50. The first-order chi connectivity index (χ1) is 28.0. The van der Waals surface area contributed by atoms with E-state index < -0.39 is 0 Å². The highest BCUT2D eigenvalue weighted by Gasteiger charge is 2.36. The molecule has 0 spiro atoms. The van der Waals surface area contributed by atoms with E-state index in [4.69, 9.17) is 0 Å². The molecule has 10 aromatic rings. The van der Waals surface area contributed by atoms with E-state index in [1.54, 1.807) is 0 Å². The Morgan fingerprint density at radius 3 is 1.44 bits per heavy atom. The Morgan fingerprint density at radius 1 is 0.263 bits per heavy atom. The molecule has 0 nitrogen and oxygen atoms in total. The van der Waals surface area contributed by atoms with Crippen molar-refractivity contribution in [3.05, 3.63) is 205 Å². The minimum Gasteiger partial charge on any atom is -0.0622 e. The van der Waals surface area contributed by atoms with Crippen LogP contribution < -0.4 is 0 Å². The highest BCUT2D eigenvalue weighted by atomic mass is 14.4. The van der Waals surface area contributed by atoms with Crippen LogP contribution >= 0.6 is 0 Å². The number of hydrogen-bond donors (Lipinski definition) is 0. The van der Waals surface area contributed by atoms with Crippen molar-refractivity contribution in [2.75, 3.05) is 0 Å². The molecule has 0 aliphatic heterocycles. The van der Waals surface area contributed by atoms with Crippen LogP contribution in [-0.4, -0.2) is 0 Å². The van der Waals surface area contributed by atoms with Crippen molar-refractivity contribution in [1.29, 1.82) is 0 Å². The molecule has 0 atom stereocenters. The fourth-order valence-electron chi connectivity index (χ4n) is 10.2. The molecule has 0 aromatic heterocycles. The SMILES string of the molecule is CC1(C)c2cc(-c3ccccc3)ccc2-c2ccc(-c3cc4c5ccc(-c6ccccc6)c6c5c(cc4c4ccc(-c5ccccc5)cc34)-c3ccccc3-6)cc21. The summed E-state index contributed by atoms with van der Waals surface area (Å²) in [6.45, 7) is 4.80. The second-order valence-corrected chi connectivity index (χ2v) is 16.4. The minimum atomic E-state index is -0.151. The van der Waals surface area contributed by atoms with Crippen LogP contribution in [0.1, 0.15) is 25.0 Å². The molecule has 10 aromatic carbocycles. The molecule has 0 unspecified atom stereocenters. The van der Waals surface area contributed by atoms with E-state index >= 15 is 0 Å². The van der Waals surface area contributed by atoms with E-state index in [2.05, 4.69) is 208 Å². The molecule has 0 amide bonds. The predicted molar refractivity (Wildman–Crippen MR) is 243 cm³/mol. The quantitative estimate of drug-likeness (QED) is 0.159. The fraction of sp³-hybridized carbons (Fsp3) is 0.0526. The third kappa shape index (κ3) is 4.68. The zero-order chi connectivity index (χ0) is 37.8. The lowest BCUT2D eigenvalue weighted by atomic mass is 9.80. The average Bonchev–Trinajstić information content (AvgIpc) is 3.72. The van der Waals surface area contributed by atoms with Crippen molar-refractivity contribution in [3.63, 3.8) is 0 Å². The van der Waals surface area contributed by atoms with Gasteiger partial charge in [-0.05, 0) is 152 Å². The van der Waals surface area contributed by atoms with Gasteiger partial charge in [0.1, 0.15) is 0 Å². The van der Waals surface area contributed by atoms with Gasteiger partial charge in [0, 0.05) is 5.41 Å². The largest absolute Gasteiger partial charge is 0.0622 e. The van der Waals surface area contributed by atoms with Gasteiger partial charge >= 0.3 is 0 Å². The summed E-state index contributed by atoms with van der Waals surface area (Å²) in [5, 5.41) is 7.83. The van der Waals surface area contributed by atoms with Crippen molar-refractivity contribution < 1.29 is 0 Å². The molecule has 0 heteroatoms. The Labute approximate surface area is 333 Å². The lowest BCUT2D eigenvalue weighted by Crippen LogP contribution is -2.15. The van der Waals surface area contributed by atoms with Crippen LogP contribution in [0.5, 0.6) is 0 Å². The molecule has 0 radical (unpaired) electrons. The van der Waals surface area contributed by atoms with Crippen molar-refractivity contribution in [1.82, 2.24) is 0 Å². The molecular weight excluding hydrogens is 685 g/mol. The first-order valence-electron chi connectivity index (χ1n) is 20.1. The standard InChI is InChI=1S/C57H38/c1-57(2)53-31-39(36-16-8-4-9-17-36)23-26-44(53)45-27-24-40(32-54(45)57)48-33-51-47-29-28-41(37-18-10-5-11-19-37)55-46-21-13-12-20-42(46)52(56(47)55)34-50(51)43-25-22-38(30-49(43)48)35-14-6-3-7-15-35/h3-34H,1-2H3. The molecule has 0 heterocycles. The highest BCUT2D eigenvalue weighted by molar-refractivity contribution is 6.30. The van der Waals surface area contributed by atoms with E-state index in [0.29, 0.717) is 0 Å². The summed E-state index contributed by atoms with van der Waals surface area (Å²) in [5.74, 6) is 0. The van der Waals surface area contributed by atoms with Gasteiger partial charge < -0.3 is 0 Å². The number of hydrogen-bond acceptors (Lipinski definition) is 0. The van der Waals surface area contributed by atoms with E-state index in [-0.39, 0.29) is 5.41 Å². The van der Waals surface area contributed by atoms with Gasteiger partial charge in [0.2, 0.25) is 0 Å². The van der Waals surface area contributed by atoms with Crippen molar-refractivity contribution >= 4 is 32.3 Å². The van der Waals surface area contributed by atoms with E-state index in [1.807, 2.05) is 0 Å². The highest BCUT2D eigenvalue weighted by Crippen LogP contribution is 2.55.